The van der Waals surface area contributed by atoms with E-state index < -0.39 is 5.97 Å². The zero-order valence-corrected chi connectivity index (χ0v) is 15.4. The lowest BCUT2D eigenvalue weighted by atomic mass is 10.0. The van der Waals surface area contributed by atoms with E-state index in [4.69, 9.17) is 0 Å². The highest BCUT2D eigenvalue weighted by molar-refractivity contribution is 7.13. The highest BCUT2D eigenvalue weighted by Crippen LogP contribution is 2.33. The van der Waals surface area contributed by atoms with Gasteiger partial charge in [-0.25, -0.2) is 9.78 Å². The molecule has 0 radical (unpaired) electrons. The zero-order valence-electron chi connectivity index (χ0n) is 13.7. The summed E-state index contributed by atoms with van der Waals surface area (Å²) < 4.78 is 1.88. The van der Waals surface area contributed by atoms with E-state index in [2.05, 4.69) is 30.3 Å². The fraction of sp³-hybridized carbons (Fsp3) is 0.333. The van der Waals surface area contributed by atoms with Crippen LogP contribution in [-0.4, -0.2) is 20.6 Å². The Hall–Kier alpha value is -1.92. The normalized spacial score (nSPS) is 11.3. The van der Waals surface area contributed by atoms with Crippen molar-refractivity contribution in [3.8, 4) is 10.6 Å². The molecule has 0 aliphatic carbocycles. The number of nitrogens with zero attached hydrogens (tertiary/aromatic N) is 2. The molecule has 0 atom stereocenters. The quantitative estimate of drug-likeness (QED) is 0.658. The fourth-order valence-electron chi connectivity index (χ4n) is 2.88. The lowest BCUT2D eigenvalue weighted by Gasteiger charge is -2.07. The average molecular weight is 361 g/mol. The minimum atomic E-state index is -0.888. The van der Waals surface area contributed by atoms with Gasteiger partial charge in [-0.2, -0.15) is 11.3 Å². The molecular weight excluding hydrogens is 340 g/mol. The number of thiazole rings is 1. The molecule has 1 N–H and O–H groups in total. The molecular formula is C18H20N2O2S2. The Labute approximate surface area is 149 Å². The first-order valence-corrected chi connectivity index (χ1v) is 9.74. The van der Waals surface area contributed by atoms with Crippen molar-refractivity contribution in [2.24, 2.45) is 5.92 Å². The summed E-state index contributed by atoms with van der Waals surface area (Å²) >= 11 is 3.16. The molecule has 0 fully saturated rings. The Bertz CT molecular complexity index is 803. The van der Waals surface area contributed by atoms with Crippen LogP contribution < -0.4 is 0 Å². The molecule has 3 heterocycles. The number of carbonyl (C=O) groups is 1. The molecule has 24 heavy (non-hydrogen) atoms. The summed E-state index contributed by atoms with van der Waals surface area (Å²) in [5.41, 5.74) is 3.46. The monoisotopic (exact) mass is 360 g/mol. The van der Waals surface area contributed by atoms with E-state index >= 15 is 0 Å². The van der Waals surface area contributed by atoms with Gasteiger partial charge in [-0.1, -0.05) is 13.8 Å². The number of carboxylic acids is 1. The number of aromatic carboxylic acids is 1. The van der Waals surface area contributed by atoms with Gasteiger partial charge in [0.15, 0.2) is 0 Å². The summed E-state index contributed by atoms with van der Waals surface area (Å²) in [6, 6.07) is 2.09. The van der Waals surface area contributed by atoms with Crippen LogP contribution in [0.4, 0.5) is 0 Å². The van der Waals surface area contributed by atoms with E-state index in [1.807, 2.05) is 21.5 Å². The van der Waals surface area contributed by atoms with Gasteiger partial charge in [0.25, 0.3) is 0 Å². The van der Waals surface area contributed by atoms with E-state index in [9.17, 15) is 9.90 Å². The molecule has 0 aliphatic rings. The van der Waals surface area contributed by atoms with Crippen molar-refractivity contribution in [3.63, 3.8) is 0 Å². The third-order valence-electron chi connectivity index (χ3n) is 3.86. The van der Waals surface area contributed by atoms with Crippen molar-refractivity contribution >= 4 is 28.6 Å². The van der Waals surface area contributed by atoms with E-state index in [0.29, 0.717) is 18.2 Å². The van der Waals surface area contributed by atoms with Crippen LogP contribution in [0.15, 0.2) is 34.6 Å². The van der Waals surface area contributed by atoms with Gasteiger partial charge in [0.2, 0.25) is 0 Å². The number of aryl methyl sites for hydroxylation is 2. The van der Waals surface area contributed by atoms with Crippen molar-refractivity contribution in [2.75, 3.05) is 0 Å². The van der Waals surface area contributed by atoms with Crippen molar-refractivity contribution in [1.29, 1.82) is 0 Å². The smallest absolute Gasteiger partial charge is 0.353 e. The van der Waals surface area contributed by atoms with Crippen molar-refractivity contribution in [2.45, 2.75) is 33.2 Å². The van der Waals surface area contributed by atoms with Crippen molar-refractivity contribution in [3.05, 3.63) is 51.4 Å². The van der Waals surface area contributed by atoms with E-state index in [-0.39, 0.29) is 0 Å². The molecule has 0 unspecified atom stereocenters. The van der Waals surface area contributed by atoms with E-state index in [1.54, 1.807) is 17.5 Å². The van der Waals surface area contributed by atoms with Crippen LogP contribution in [0, 0.1) is 5.92 Å². The SMILES string of the molecule is CC(C)Cc1cn(CCc2ccsc2)c(C(=O)O)c1-c1nccs1. The number of rotatable bonds is 7. The van der Waals surface area contributed by atoms with E-state index in [1.165, 1.54) is 16.9 Å². The van der Waals surface area contributed by atoms with Crippen LogP contribution >= 0.6 is 22.7 Å². The molecule has 3 rings (SSSR count). The first kappa shape index (κ1) is 16.9. The summed E-state index contributed by atoms with van der Waals surface area (Å²) in [7, 11) is 0. The van der Waals surface area contributed by atoms with Crippen molar-refractivity contribution < 1.29 is 9.90 Å². The Morgan fingerprint density at radius 3 is 2.79 bits per heavy atom. The molecule has 6 heteroatoms. The molecule has 0 spiro atoms. The summed E-state index contributed by atoms with van der Waals surface area (Å²) in [6.07, 6.45) is 5.41. The molecule has 0 aromatic carbocycles. The van der Waals surface area contributed by atoms with Gasteiger partial charge >= 0.3 is 5.97 Å². The number of aromatic nitrogens is 2. The van der Waals surface area contributed by atoms with Crippen molar-refractivity contribution in [1.82, 2.24) is 9.55 Å². The average Bonchev–Trinajstić information content (AvgIpc) is 3.25. The van der Waals surface area contributed by atoms with E-state index in [0.717, 1.165) is 29.0 Å². The Balaban J connectivity index is 2.02. The largest absolute Gasteiger partial charge is 0.477 e. The number of carboxylic acid groups (broad SMARTS) is 1. The van der Waals surface area contributed by atoms with Gasteiger partial charge in [-0.15, -0.1) is 11.3 Å². The second-order valence-electron chi connectivity index (χ2n) is 6.19. The number of thiophene rings is 1. The van der Waals surface area contributed by atoms with Crippen LogP contribution in [0.25, 0.3) is 10.6 Å². The fourth-order valence-corrected chi connectivity index (χ4v) is 4.30. The summed E-state index contributed by atoms with van der Waals surface area (Å²) in [4.78, 5) is 16.3. The second kappa shape index (κ2) is 7.32. The van der Waals surface area contributed by atoms with Gasteiger partial charge in [-0.3, -0.25) is 0 Å². The summed E-state index contributed by atoms with van der Waals surface area (Å²) in [6.45, 7) is 4.96. The third-order valence-corrected chi connectivity index (χ3v) is 5.38. The highest BCUT2D eigenvalue weighted by Gasteiger charge is 2.24. The topological polar surface area (TPSA) is 55.1 Å². The second-order valence-corrected chi connectivity index (χ2v) is 7.87. The summed E-state index contributed by atoms with van der Waals surface area (Å²) in [5.74, 6) is -0.432. The van der Waals surface area contributed by atoms with Crippen LogP contribution in [0.1, 0.15) is 35.5 Å². The molecule has 3 aromatic heterocycles. The predicted octanol–water partition coefficient (Wildman–Crippen LogP) is 4.81. The molecule has 4 nitrogen and oxygen atoms in total. The first-order chi connectivity index (χ1) is 11.6. The van der Waals surface area contributed by atoms with Crippen LogP contribution in [0.2, 0.25) is 0 Å². The molecule has 0 bridgehead atoms. The number of hydrogen-bond acceptors (Lipinski definition) is 4. The van der Waals surface area contributed by atoms with Gasteiger partial charge in [-0.05, 0) is 46.7 Å². The maximum Gasteiger partial charge on any atom is 0.353 e. The zero-order chi connectivity index (χ0) is 17.1. The lowest BCUT2D eigenvalue weighted by molar-refractivity contribution is 0.0686. The van der Waals surface area contributed by atoms with Gasteiger partial charge in [0.05, 0.1) is 0 Å². The standard InChI is InChI=1S/C18H20N2O2S2/c1-12(2)9-14-10-20(6-3-13-4-7-23-11-13)16(18(21)22)15(14)17-19-5-8-24-17/h4-5,7-8,10-12H,3,6,9H2,1-2H3,(H,21,22). The first-order valence-electron chi connectivity index (χ1n) is 7.92. The molecule has 0 amide bonds. The Morgan fingerprint density at radius 1 is 1.38 bits per heavy atom. The lowest BCUT2D eigenvalue weighted by Crippen LogP contribution is -2.10. The highest BCUT2D eigenvalue weighted by atomic mass is 32.1. The van der Waals surface area contributed by atoms with Gasteiger partial charge < -0.3 is 9.67 Å². The molecule has 0 aliphatic heterocycles. The number of hydrogen-bond donors (Lipinski definition) is 1. The summed E-state index contributed by atoms with van der Waals surface area (Å²) in [5, 5.41) is 16.7. The maximum absolute atomic E-state index is 12.0. The van der Waals surface area contributed by atoms with Gasteiger partial charge in [0.1, 0.15) is 10.7 Å². The van der Waals surface area contributed by atoms with Crippen LogP contribution in [0.5, 0.6) is 0 Å². The molecule has 126 valence electrons. The minimum absolute atomic E-state index is 0.357. The van der Waals surface area contributed by atoms with Gasteiger partial charge in [0, 0.05) is 29.9 Å². The Morgan fingerprint density at radius 2 is 2.21 bits per heavy atom. The molecule has 3 aromatic rings. The van der Waals surface area contributed by atoms with Crippen LogP contribution in [-0.2, 0) is 19.4 Å². The Kier molecular flexibility index (Phi) is 5.16. The predicted molar refractivity (Wildman–Crippen MR) is 99.1 cm³/mol. The molecule has 0 saturated carbocycles. The van der Waals surface area contributed by atoms with Crippen LogP contribution in [0.3, 0.4) is 0 Å². The minimum Gasteiger partial charge on any atom is -0.477 e. The molecule has 0 saturated heterocycles. The third kappa shape index (κ3) is 3.60. The maximum atomic E-state index is 12.0.